The fourth-order valence-corrected chi connectivity index (χ4v) is 1.49. The summed E-state index contributed by atoms with van der Waals surface area (Å²) < 4.78 is 1.60. The molecule has 0 aliphatic heterocycles. The molecule has 0 atom stereocenters. The van der Waals surface area contributed by atoms with Crippen LogP contribution in [0.15, 0.2) is 36.9 Å². The van der Waals surface area contributed by atoms with E-state index in [0.29, 0.717) is 12.2 Å². The highest BCUT2D eigenvalue weighted by Gasteiger charge is 2.02. The molecule has 0 fully saturated rings. The van der Waals surface area contributed by atoms with Crippen LogP contribution < -0.4 is 5.32 Å². The maximum atomic E-state index is 4.06. The minimum Gasteiger partial charge on any atom is -0.364 e. The van der Waals surface area contributed by atoms with Crippen molar-refractivity contribution in [3.05, 3.63) is 42.5 Å². The van der Waals surface area contributed by atoms with Gasteiger partial charge < -0.3 is 5.32 Å². The SMILES string of the molecule is c1cncc(CNc2cncc3nnnn23)c1. The predicted octanol–water partition coefficient (Wildman–Crippen LogP) is 0.526. The van der Waals surface area contributed by atoms with Crippen LogP contribution in [0.3, 0.4) is 0 Å². The van der Waals surface area contributed by atoms with Crippen LogP contribution in [0.4, 0.5) is 5.82 Å². The van der Waals surface area contributed by atoms with E-state index in [9.17, 15) is 0 Å². The Kier molecular flexibility index (Phi) is 2.34. The van der Waals surface area contributed by atoms with Gasteiger partial charge >= 0.3 is 0 Å². The van der Waals surface area contributed by atoms with E-state index in [1.807, 2.05) is 12.1 Å². The molecule has 0 saturated carbocycles. The molecule has 0 amide bonds. The molecule has 3 aromatic rings. The Balaban J connectivity index is 1.84. The van der Waals surface area contributed by atoms with Gasteiger partial charge in [0.1, 0.15) is 0 Å². The lowest BCUT2D eigenvalue weighted by Gasteiger charge is -2.05. The van der Waals surface area contributed by atoms with E-state index in [0.717, 1.165) is 11.4 Å². The molecule has 0 aliphatic carbocycles. The molecule has 3 rings (SSSR count). The summed E-state index contributed by atoms with van der Waals surface area (Å²) in [7, 11) is 0. The number of aromatic nitrogens is 6. The van der Waals surface area contributed by atoms with Gasteiger partial charge in [0, 0.05) is 18.9 Å². The average Bonchev–Trinajstić information content (AvgIpc) is 2.86. The summed E-state index contributed by atoms with van der Waals surface area (Å²) >= 11 is 0. The van der Waals surface area contributed by atoms with E-state index in [-0.39, 0.29) is 0 Å². The van der Waals surface area contributed by atoms with E-state index in [1.165, 1.54) is 0 Å². The highest BCUT2D eigenvalue weighted by atomic mass is 15.5. The van der Waals surface area contributed by atoms with Gasteiger partial charge in [0.05, 0.1) is 12.4 Å². The van der Waals surface area contributed by atoms with Crippen molar-refractivity contribution in [2.45, 2.75) is 6.54 Å². The smallest absolute Gasteiger partial charge is 0.199 e. The summed E-state index contributed by atoms with van der Waals surface area (Å²) in [6.45, 7) is 0.647. The highest BCUT2D eigenvalue weighted by molar-refractivity contribution is 5.43. The van der Waals surface area contributed by atoms with Crippen molar-refractivity contribution in [2.24, 2.45) is 0 Å². The maximum absolute atomic E-state index is 4.06. The van der Waals surface area contributed by atoms with Gasteiger partial charge in [-0.15, -0.1) is 5.10 Å². The Morgan fingerprint density at radius 2 is 2.18 bits per heavy atom. The Hall–Kier alpha value is -2.57. The topological polar surface area (TPSA) is 80.9 Å². The lowest BCUT2D eigenvalue weighted by molar-refractivity contribution is 0.819. The normalized spacial score (nSPS) is 10.6. The van der Waals surface area contributed by atoms with Gasteiger partial charge in [-0.1, -0.05) is 6.07 Å². The molecule has 0 spiro atoms. The summed E-state index contributed by atoms with van der Waals surface area (Å²) in [5.41, 5.74) is 1.69. The second-order valence-electron chi connectivity index (χ2n) is 3.46. The van der Waals surface area contributed by atoms with Crippen LogP contribution in [-0.2, 0) is 6.54 Å². The monoisotopic (exact) mass is 227 g/mol. The van der Waals surface area contributed by atoms with Crippen molar-refractivity contribution < 1.29 is 0 Å². The van der Waals surface area contributed by atoms with Gasteiger partial charge in [0.2, 0.25) is 0 Å². The standard InChI is InChI=1S/C10H9N7/c1-2-8(4-11-3-1)5-13-9-6-12-7-10-14-15-16-17(9)10/h1-4,6-7,13H,5H2. The summed E-state index contributed by atoms with van der Waals surface area (Å²) in [6, 6.07) is 3.89. The Labute approximate surface area is 96.5 Å². The van der Waals surface area contributed by atoms with Crippen LogP contribution >= 0.6 is 0 Å². The number of pyridine rings is 1. The molecular weight excluding hydrogens is 218 g/mol. The number of anilines is 1. The first-order valence-corrected chi connectivity index (χ1v) is 5.08. The molecule has 7 heteroatoms. The summed E-state index contributed by atoms with van der Waals surface area (Å²) in [5.74, 6) is 0.747. The molecule has 0 bridgehead atoms. The largest absolute Gasteiger partial charge is 0.364 e. The molecule has 84 valence electrons. The van der Waals surface area contributed by atoms with Gasteiger partial charge in [-0.25, -0.2) is 0 Å². The molecular formula is C10H9N7. The molecule has 1 N–H and O–H groups in total. The van der Waals surface area contributed by atoms with Crippen molar-refractivity contribution >= 4 is 11.5 Å². The van der Waals surface area contributed by atoms with Gasteiger partial charge in [0.25, 0.3) is 0 Å². The van der Waals surface area contributed by atoms with Crippen LogP contribution in [0.5, 0.6) is 0 Å². The number of fused-ring (bicyclic) bond motifs is 1. The van der Waals surface area contributed by atoms with Gasteiger partial charge in [-0.2, -0.15) is 4.52 Å². The fourth-order valence-electron chi connectivity index (χ4n) is 1.49. The third-order valence-corrected chi connectivity index (χ3v) is 2.31. The molecule has 3 heterocycles. The van der Waals surface area contributed by atoms with E-state index in [4.69, 9.17) is 0 Å². The Morgan fingerprint density at radius 3 is 3.06 bits per heavy atom. The van der Waals surface area contributed by atoms with Crippen LogP contribution in [0, 0.1) is 0 Å². The summed E-state index contributed by atoms with van der Waals surface area (Å²) in [5, 5.41) is 14.5. The van der Waals surface area contributed by atoms with E-state index in [2.05, 4.69) is 30.8 Å². The Morgan fingerprint density at radius 1 is 1.18 bits per heavy atom. The average molecular weight is 227 g/mol. The van der Waals surface area contributed by atoms with E-state index >= 15 is 0 Å². The van der Waals surface area contributed by atoms with Gasteiger partial charge in [-0.05, 0) is 22.1 Å². The van der Waals surface area contributed by atoms with Crippen LogP contribution in [0.1, 0.15) is 5.56 Å². The minimum atomic E-state index is 0.612. The molecule has 0 radical (unpaired) electrons. The number of hydrogen-bond donors (Lipinski definition) is 1. The Bertz CT molecular complexity index is 619. The first-order chi connectivity index (χ1) is 8.43. The minimum absolute atomic E-state index is 0.612. The zero-order valence-corrected chi connectivity index (χ0v) is 8.85. The molecule has 0 saturated heterocycles. The first kappa shape index (κ1) is 9.64. The maximum Gasteiger partial charge on any atom is 0.199 e. The van der Waals surface area contributed by atoms with E-state index < -0.39 is 0 Å². The quantitative estimate of drug-likeness (QED) is 0.702. The van der Waals surface area contributed by atoms with Crippen molar-refractivity contribution in [3.63, 3.8) is 0 Å². The first-order valence-electron chi connectivity index (χ1n) is 5.08. The van der Waals surface area contributed by atoms with Crippen LogP contribution in [0.2, 0.25) is 0 Å². The van der Waals surface area contributed by atoms with Crippen molar-refractivity contribution in [1.82, 2.24) is 30.0 Å². The zero-order chi connectivity index (χ0) is 11.5. The summed E-state index contributed by atoms with van der Waals surface area (Å²) in [4.78, 5) is 8.10. The molecule has 7 nitrogen and oxygen atoms in total. The van der Waals surface area contributed by atoms with Gasteiger partial charge in [0.15, 0.2) is 11.5 Å². The molecule has 17 heavy (non-hydrogen) atoms. The van der Waals surface area contributed by atoms with Crippen molar-refractivity contribution in [2.75, 3.05) is 5.32 Å². The number of nitrogens with zero attached hydrogens (tertiary/aromatic N) is 6. The lowest BCUT2D eigenvalue weighted by atomic mass is 10.3. The number of hydrogen-bond acceptors (Lipinski definition) is 6. The predicted molar refractivity (Wildman–Crippen MR) is 60.1 cm³/mol. The number of tetrazole rings is 1. The molecule has 3 aromatic heterocycles. The molecule has 0 unspecified atom stereocenters. The van der Waals surface area contributed by atoms with Crippen molar-refractivity contribution in [1.29, 1.82) is 0 Å². The second-order valence-corrected chi connectivity index (χ2v) is 3.46. The third-order valence-electron chi connectivity index (χ3n) is 2.31. The highest BCUT2D eigenvalue weighted by Crippen LogP contribution is 2.07. The summed E-state index contributed by atoms with van der Waals surface area (Å²) in [6.07, 6.45) is 6.84. The number of rotatable bonds is 3. The third kappa shape index (κ3) is 1.89. The fraction of sp³-hybridized carbons (Fsp3) is 0.100. The lowest BCUT2D eigenvalue weighted by Crippen LogP contribution is -2.05. The van der Waals surface area contributed by atoms with Crippen LogP contribution in [-0.4, -0.2) is 30.0 Å². The number of nitrogens with one attached hydrogen (secondary N) is 1. The molecule has 0 aliphatic rings. The van der Waals surface area contributed by atoms with E-state index in [1.54, 1.807) is 29.3 Å². The van der Waals surface area contributed by atoms with Gasteiger partial charge in [-0.3, -0.25) is 9.97 Å². The second kappa shape index (κ2) is 4.12. The van der Waals surface area contributed by atoms with Crippen molar-refractivity contribution in [3.8, 4) is 0 Å². The molecule has 0 aromatic carbocycles. The zero-order valence-electron chi connectivity index (χ0n) is 8.85. The van der Waals surface area contributed by atoms with Crippen LogP contribution in [0.25, 0.3) is 5.65 Å².